The molecule has 3 rings (SSSR count). The number of nitrogens with zero attached hydrogens (tertiary/aromatic N) is 3. The predicted octanol–water partition coefficient (Wildman–Crippen LogP) is 0.879. The summed E-state index contributed by atoms with van der Waals surface area (Å²) in [7, 11) is 1.97. The lowest BCUT2D eigenvalue weighted by Gasteiger charge is -2.35. The maximum Gasteiger partial charge on any atom is 0.271 e. The summed E-state index contributed by atoms with van der Waals surface area (Å²) < 4.78 is 0. The van der Waals surface area contributed by atoms with Crippen molar-refractivity contribution in [2.75, 3.05) is 25.0 Å². The Morgan fingerprint density at radius 1 is 1.50 bits per heavy atom. The van der Waals surface area contributed by atoms with E-state index in [1.54, 1.807) is 6.07 Å². The summed E-state index contributed by atoms with van der Waals surface area (Å²) in [4.78, 5) is 19.9. The molecule has 7 heteroatoms. The van der Waals surface area contributed by atoms with E-state index >= 15 is 0 Å². The molecule has 2 aromatic rings. The van der Waals surface area contributed by atoms with Crippen molar-refractivity contribution in [3.05, 3.63) is 28.3 Å². The number of benzene rings is 1. The van der Waals surface area contributed by atoms with Crippen molar-refractivity contribution in [1.82, 2.24) is 15.3 Å². The molecule has 1 aromatic carbocycles. The highest BCUT2D eigenvalue weighted by Crippen LogP contribution is 2.22. The van der Waals surface area contributed by atoms with Crippen LogP contribution in [0.4, 0.5) is 11.6 Å². The third kappa shape index (κ3) is 1.68. The lowest BCUT2D eigenvalue weighted by Crippen LogP contribution is -2.56. The number of aromatic nitrogens is 2. The molecule has 0 saturated carbocycles. The molecular weight excluding hydrogens is 234 g/mol. The smallest absolute Gasteiger partial charge is 0.271 e. The Bertz CT molecular complexity index is 604. The number of non-ortho nitro benzene ring substituents is 1. The standard InChI is InChI=1S/C11H13N5O2/c1-15(8-5-12-6-8)11-13-9-3-2-7(16(17)18)4-10(9)14-11/h2-4,8,12H,5-6H2,1H3,(H,13,14). The predicted molar refractivity (Wildman–Crippen MR) is 67.8 cm³/mol. The summed E-state index contributed by atoms with van der Waals surface area (Å²) in [6.07, 6.45) is 0. The summed E-state index contributed by atoms with van der Waals surface area (Å²) in [5, 5.41) is 13.9. The average molecular weight is 247 g/mol. The van der Waals surface area contributed by atoms with Gasteiger partial charge in [-0.1, -0.05) is 0 Å². The monoisotopic (exact) mass is 247 g/mol. The van der Waals surface area contributed by atoms with Crippen LogP contribution >= 0.6 is 0 Å². The Labute approximate surface area is 103 Å². The summed E-state index contributed by atoms with van der Waals surface area (Å²) in [6, 6.07) is 5.08. The van der Waals surface area contributed by atoms with E-state index in [1.165, 1.54) is 12.1 Å². The van der Waals surface area contributed by atoms with Gasteiger partial charge in [0.25, 0.3) is 5.69 Å². The first-order valence-corrected chi connectivity index (χ1v) is 5.73. The summed E-state index contributed by atoms with van der Waals surface area (Å²) in [6.45, 7) is 1.88. The van der Waals surface area contributed by atoms with Gasteiger partial charge in [-0.05, 0) is 6.07 Å². The second-order valence-electron chi connectivity index (χ2n) is 4.44. The van der Waals surface area contributed by atoms with Crippen molar-refractivity contribution < 1.29 is 4.92 Å². The normalized spacial score (nSPS) is 15.6. The molecule has 18 heavy (non-hydrogen) atoms. The van der Waals surface area contributed by atoms with Gasteiger partial charge in [0.15, 0.2) is 0 Å². The lowest BCUT2D eigenvalue weighted by molar-refractivity contribution is -0.384. The number of likely N-dealkylation sites (N-methyl/N-ethyl adjacent to an activating group) is 1. The zero-order valence-corrected chi connectivity index (χ0v) is 9.88. The zero-order valence-electron chi connectivity index (χ0n) is 9.88. The van der Waals surface area contributed by atoms with E-state index in [-0.39, 0.29) is 5.69 Å². The van der Waals surface area contributed by atoms with Gasteiger partial charge < -0.3 is 15.2 Å². The SMILES string of the molecule is CN(c1nc2ccc([N+](=O)[O-])cc2[nH]1)C1CNC1. The molecule has 0 amide bonds. The molecule has 0 unspecified atom stereocenters. The number of nitro groups is 1. The minimum absolute atomic E-state index is 0.0747. The number of imidazole rings is 1. The largest absolute Gasteiger partial charge is 0.340 e. The van der Waals surface area contributed by atoms with Crippen LogP contribution in [-0.2, 0) is 0 Å². The van der Waals surface area contributed by atoms with Crippen LogP contribution < -0.4 is 10.2 Å². The minimum atomic E-state index is -0.403. The van der Waals surface area contributed by atoms with E-state index in [1.807, 2.05) is 7.05 Å². The first-order valence-electron chi connectivity index (χ1n) is 5.73. The molecule has 7 nitrogen and oxygen atoms in total. The Kier molecular flexibility index (Phi) is 2.41. The van der Waals surface area contributed by atoms with Crippen LogP contribution in [0.15, 0.2) is 18.2 Å². The third-order valence-corrected chi connectivity index (χ3v) is 3.31. The van der Waals surface area contributed by atoms with E-state index in [0.717, 1.165) is 24.6 Å². The number of H-pyrrole nitrogens is 1. The number of hydrogen-bond donors (Lipinski definition) is 2. The van der Waals surface area contributed by atoms with Gasteiger partial charge in [-0.3, -0.25) is 10.1 Å². The van der Waals surface area contributed by atoms with Crippen molar-refractivity contribution in [3.8, 4) is 0 Å². The number of nitrogens with one attached hydrogen (secondary N) is 2. The van der Waals surface area contributed by atoms with Crippen LogP contribution in [0.3, 0.4) is 0 Å². The molecule has 2 N–H and O–H groups in total. The van der Waals surface area contributed by atoms with Crippen LogP contribution in [0.2, 0.25) is 0 Å². The van der Waals surface area contributed by atoms with Gasteiger partial charge in [-0.2, -0.15) is 0 Å². The van der Waals surface area contributed by atoms with Crippen LogP contribution in [0.1, 0.15) is 0 Å². The number of anilines is 1. The van der Waals surface area contributed by atoms with E-state index < -0.39 is 4.92 Å². The fourth-order valence-corrected chi connectivity index (χ4v) is 1.98. The first-order chi connectivity index (χ1) is 8.65. The summed E-state index contributed by atoms with van der Waals surface area (Å²) >= 11 is 0. The molecule has 0 aliphatic carbocycles. The maximum absolute atomic E-state index is 10.7. The Morgan fingerprint density at radius 3 is 2.89 bits per heavy atom. The van der Waals surface area contributed by atoms with Crippen LogP contribution in [0.25, 0.3) is 11.0 Å². The van der Waals surface area contributed by atoms with E-state index in [0.29, 0.717) is 11.6 Å². The maximum atomic E-state index is 10.7. The molecule has 1 aromatic heterocycles. The van der Waals surface area contributed by atoms with Crippen molar-refractivity contribution in [1.29, 1.82) is 0 Å². The lowest BCUT2D eigenvalue weighted by atomic mass is 10.1. The number of rotatable bonds is 3. The van der Waals surface area contributed by atoms with E-state index in [9.17, 15) is 10.1 Å². The molecule has 0 radical (unpaired) electrons. The molecule has 94 valence electrons. The topological polar surface area (TPSA) is 87.1 Å². The second-order valence-corrected chi connectivity index (χ2v) is 4.44. The first kappa shape index (κ1) is 11.0. The zero-order chi connectivity index (χ0) is 12.7. The highest BCUT2D eigenvalue weighted by molar-refractivity contribution is 5.80. The van der Waals surface area contributed by atoms with Gasteiger partial charge in [0.2, 0.25) is 5.95 Å². The van der Waals surface area contributed by atoms with Crippen LogP contribution in [-0.4, -0.2) is 41.1 Å². The number of nitro benzene ring substituents is 1. The summed E-state index contributed by atoms with van der Waals surface area (Å²) in [5.41, 5.74) is 1.51. The molecule has 1 fully saturated rings. The highest BCUT2D eigenvalue weighted by atomic mass is 16.6. The Balaban J connectivity index is 1.97. The quantitative estimate of drug-likeness (QED) is 0.621. The molecule has 1 saturated heterocycles. The van der Waals surface area contributed by atoms with Gasteiger partial charge in [0.05, 0.1) is 22.0 Å². The Hall–Kier alpha value is -2.15. The molecule has 0 spiro atoms. The third-order valence-electron chi connectivity index (χ3n) is 3.31. The number of hydrogen-bond acceptors (Lipinski definition) is 5. The van der Waals surface area contributed by atoms with Crippen LogP contribution in [0, 0.1) is 10.1 Å². The highest BCUT2D eigenvalue weighted by Gasteiger charge is 2.23. The molecule has 1 aliphatic rings. The summed E-state index contributed by atoms with van der Waals surface area (Å²) in [5.74, 6) is 0.747. The van der Waals surface area contributed by atoms with E-state index in [2.05, 4.69) is 20.2 Å². The fraction of sp³-hybridized carbons (Fsp3) is 0.364. The number of fused-ring (bicyclic) bond motifs is 1. The second kappa shape index (κ2) is 3.95. The van der Waals surface area contributed by atoms with E-state index in [4.69, 9.17) is 0 Å². The molecular formula is C11H13N5O2. The van der Waals surface area contributed by atoms with Gasteiger partial charge >= 0.3 is 0 Å². The van der Waals surface area contributed by atoms with Gasteiger partial charge in [0.1, 0.15) is 0 Å². The van der Waals surface area contributed by atoms with Gasteiger partial charge in [0, 0.05) is 32.3 Å². The van der Waals surface area contributed by atoms with Crippen molar-refractivity contribution in [2.24, 2.45) is 0 Å². The molecule has 0 bridgehead atoms. The van der Waals surface area contributed by atoms with Gasteiger partial charge in [-0.15, -0.1) is 0 Å². The molecule has 2 heterocycles. The fourth-order valence-electron chi connectivity index (χ4n) is 1.98. The molecule has 1 aliphatic heterocycles. The Morgan fingerprint density at radius 2 is 2.28 bits per heavy atom. The molecule has 0 atom stereocenters. The minimum Gasteiger partial charge on any atom is -0.340 e. The number of aromatic amines is 1. The van der Waals surface area contributed by atoms with Crippen LogP contribution in [0.5, 0.6) is 0 Å². The van der Waals surface area contributed by atoms with Crippen molar-refractivity contribution in [3.63, 3.8) is 0 Å². The average Bonchev–Trinajstić information content (AvgIpc) is 2.68. The van der Waals surface area contributed by atoms with Gasteiger partial charge in [-0.25, -0.2) is 4.98 Å². The van der Waals surface area contributed by atoms with Crippen molar-refractivity contribution in [2.45, 2.75) is 6.04 Å². The van der Waals surface area contributed by atoms with Crippen molar-refractivity contribution >= 4 is 22.7 Å².